The van der Waals surface area contributed by atoms with Crippen LogP contribution in [0.4, 0.5) is 10.1 Å². The van der Waals surface area contributed by atoms with Gasteiger partial charge in [-0.25, -0.2) is 12.8 Å². The molecule has 9 nitrogen and oxygen atoms in total. The van der Waals surface area contributed by atoms with Crippen LogP contribution in [0, 0.1) is 11.7 Å². The Bertz CT molecular complexity index is 1170. The first kappa shape index (κ1) is 24.0. The molecular formula is C23H26FN3O6S. The van der Waals surface area contributed by atoms with Crippen LogP contribution in [0.3, 0.4) is 0 Å². The molecule has 0 radical (unpaired) electrons. The molecule has 11 heteroatoms. The van der Waals surface area contributed by atoms with Crippen LogP contribution in [0.15, 0.2) is 47.4 Å². The molecule has 2 aromatic carbocycles. The van der Waals surface area contributed by atoms with Crippen LogP contribution in [0.25, 0.3) is 0 Å². The lowest BCUT2D eigenvalue weighted by molar-refractivity contribution is -0.129. The molecule has 182 valence electrons. The van der Waals surface area contributed by atoms with E-state index in [1.165, 1.54) is 16.4 Å². The van der Waals surface area contributed by atoms with Gasteiger partial charge in [0, 0.05) is 24.8 Å². The van der Waals surface area contributed by atoms with Crippen LogP contribution in [-0.4, -0.2) is 56.9 Å². The molecule has 4 rings (SSSR count). The lowest BCUT2D eigenvalue weighted by Crippen LogP contribution is -2.49. The monoisotopic (exact) mass is 491 g/mol. The average molecular weight is 492 g/mol. The molecule has 1 saturated heterocycles. The smallest absolute Gasteiger partial charge is 0.246 e. The second kappa shape index (κ2) is 9.98. The Balaban J connectivity index is 1.35. The summed E-state index contributed by atoms with van der Waals surface area (Å²) >= 11 is 0. The van der Waals surface area contributed by atoms with Gasteiger partial charge in [0.25, 0.3) is 0 Å². The Kier molecular flexibility index (Phi) is 7.03. The summed E-state index contributed by atoms with van der Waals surface area (Å²) in [7, 11) is -3.85. The van der Waals surface area contributed by atoms with E-state index >= 15 is 0 Å². The highest BCUT2D eigenvalue weighted by Crippen LogP contribution is 2.32. The second-order valence-corrected chi connectivity index (χ2v) is 10.2. The van der Waals surface area contributed by atoms with Crippen molar-refractivity contribution in [1.29, 1.82) is 0 Å². The molecule has 0 bridgehead atoms. The third kappa shape index (κ3) is 5.31. The number of benzene rings is 2. The molecule has 0 aromatic heterocycles. The summed E-state index contributed by atoms with van der Waals surface area (Å²) in [5.74, 6) is -0.819. The van der Waals surface area contributed by atoms with Gasteiger partial charge in [-0.05, 0) is 56.2 Å². The number of sulfonamides is 1. The second-order valence-electron chi connectivity index (χ2n) is 8.23. The lowest BCUT2D eigenvalue weighted by Gasteiger charge is -2.31. The summed E-state index contributed by atoms with van der Waals surface area (Å²) in [6.07, 6.45) is 0.994. The van der Waals surface area contributed by atoms with Crippen molar-refractivity contribution in [1.82, 2.24) is 9.62 Å². The molecule has 0 aliphatic carbocycles. The number of hydrogen-bond donors (Lipinski definition) is 2. The Morgan fingerprint density at radius 3 is 2.53 bits per heavy atom. The summed E-state index contributed by atoms with van der Waals surface area (Å²) < 4.78 is 51.2. The molecule has 1 unspecified atom stereocenters. The van der Waals surface area contributed by atoms with Crippen LogP contribution in [-0.2, 0) is 19.6 Å². The van der Waals surface area contributed by atoms with E-state index in [-0.39, 0.29) is 18.0 Å². The van der Waals surface area contributed by atoms with E-state index in [2.05, 4.69) is 10.6 Å². The van der Waals surface area contributed by atoms with Crippen molar-refractivity contribution in [3.63, 3.8) is 0 Å². The van der Waals surface area contributed by atoms with Crippen molar-refractivity contribution in [3.05, 3.63) is 48.3 Å². The van der Waals surface area contributed by atoms with E-state index in [1.54, 1.807) is 25.1 Å². The number of piperidine rings is 1. The number of carbonyl (C=O) groups is 2. The number of ether oxygens (including phenoxy) is 2. The molecule has 2 heterocycles. The molecule has 2 N–H and O–H groups in total. The van der Waals surface area contributed by atoms with Crippen LogP contribution >= 0.6 is 0 Å². The van der Waals surface area contributed by atoms with Gasteiger partial charge < -0.3 is 20.1 Å². The molecule has 2 aliphatic heterocycles. The van der Waals surface area contributed by atoms with E-state index < -0.39 is 39.6 Å². The van der Waals surface area contributed by atoms with Crippen molar-refractivity contribution >= 4 is 27.5 Å². The maximum absolute atomic E-state index is 13.2. The predicted molar refractivity (Wildman–Crippen MR) is 122 cm³/mol. The molecular weight excluding hydrogens is 465 g/mol. The van der Waals surface area contributed by atoms with Gasteiger partial charge in [-0.3, -0.25) is 9.59 Å². The van der Waals surface area contributed by atoms with Crippen molar-refractivity contribution in [2.24, 2.45) is 5.92 Å². The summed E-state index contributed by atoms with van der Waals surface area (Å²) in [5.41, 5.74) is 0.504. The predicted octanol–water partition coefficient (Wildman–Crippen LogP) is 2.14. The van der Waals surface area contributed by atoms with Gasteiger partial charge in [-0.15, -0.1) is 0 Å². The maximum atomic E-state index is 13.2. The van der Waals surface area contributed by atoms with Crippen molar-refractivity contribution in [2.45, 2.75) is 30.7 Å². The van der Waals surface area contributed by atoms with E-state index in [0.29, 0.717) is 43.2 Å². The fourth-order valence-corrected chi connectivity index (χ4v) is 5.42. The number of anilines is 1. The number of nitrogens with zero attached hydrogens (tertiary/aromatic N) is 1. The van der Waals surface area contributed by atoms with Crippen molar-refractivity contribution < 1.29 is 31.9 Å². The number of halogens is 1. The highest BCUT2D eigenvalue weighted by molar-refractivity contribution is 7.89. The van der Waals surface area contributed by atoms with Gasteiger partial charge in [0.05, 0.1) is 10.8 Å². The zero-order valence-electron chi connectivity index (χ0n) is 18.6. The van der Waals surface area contributed by atoms with Gasteiger partial charge in [-0.1, -0.05) is 0 Å². The molecule has 0 spiro atoms. The SMILES string of the molecule is C[C@@H](NC(=O)C1CCCN(S(=O)(=O)c2ccc(F)cc2)C1)C(=O)Nc1ccc2c(c1)OCCO2. The van der Waals surface area contributed by atoms with Crippen LogP contribution in [0.2, 0.25) is 0 Å². The van der Waals surface area contributed by atoms with Crippen molar-refractivity contribution in [3.8, 4) is 11.5 Å². The first-order valence-corrected chi connectivity index (χ1v) is 12.4. The maximum Gasteiger partial charge on any atom is 0.246 e. The first-order chi connectivity index (χ1) is 16.2. The Morgan fingerprint density at radius 1 is 1.09 bits per heavy atom. The number of nitrogens with one attached hydrogen (secondary N) is 2. The highest BCUT2D eigenvalue weighted by Gasteiger charge is 2.34. The summed E-state index contributed by atoms with van der Waals surface area (Å²) in [4.78, 5) is 25.4. The Labute approximate surface area is 197 Å². The summed E-state index contributed by atoms with van der Waals surface area (Å²) in [6, 6.07) is 8.78. The molecule has 2 aliphatic rings. The number of fused-ring (bicyclic) bond motifs is 1. The molecule has 2 amide bonds. The largest absolute Gasteiger partial charge is 0.486 e. The number of hydrogen-bond acceptors (Lipinski definition) is 6. The van der Waals surface area contributed by atoms with Crippen LogP contribution in [0.5, 0.6) is 11.5 Å². The lowest BCUT2D eigenvalue weighted by atomic mass is 9.98. The topological polar surface area (TPSA) is 114 Å². The summed E-state index contributed by atoms with van der Waals surface area (Å²) in [6.45, 7) is 2.70. The van der Waals surface area contributed by atoms with Crippen molar-refractivity contribution in [2.75, 3.05) is 31.6 Å². The zero-order valence-corrected chi connectivity index (χ0v) is 19.4. The number of carbonyl (C=O) groups excluding carboxylic acids is 2. The first-order valence-electron chi connectivity index (χ1n) is 11.0. The normalized spacial score (nSPS) is 19.2. The fraction of sp³-hybridized carbons (Fsp3) is 0.391. The van der Waals surface area contributed by atoms with Gasteiger partial charge >= 0.3 is 0 Å². The quantitative estimate of drug-likeness (QED) is 0.640. The van der Waals surface area contributed by atoms with Crippen LogP contribution < -0.4 is 20.1 Å². The van der Waals surface area contributed by atoms with E-state index in [4.69, 9.17) is 9.47 Å². The zero-order chi connectivity index (χ0) is 24.3. The minimum absolute atomic E-state index is 0.0119. The molecule has 0 saturated carbocycles. The average Bonchev–Trinajstić information content (AvgIpc) is 2.84. The van der Waals surface area contributed by atoms with E-state index in [9.17, 15) is 22.4 Å². The van der Waals surface area contributed by atoms with Gasteiger partial charge in [-0.2, -0.15) is 4.31 Å². The number of amides is 2. The standard InChI is InChI=1S/C23H26FN3O6S/c1-15(22(28)26-18-6-9-20-21(13-18)33-12-11-32-20)25-23(29)16-3-2-10-27(14-16)34(30,31)19-7-4-17(24)5-8-19/h4-9,13,15-16H,2-3,10-12,14H2,1H3,(H,25,29)(H,26,28)/t15-,16?/m1/s1. The van der Waals surface area contributed by atoms with E-state index in [1.807, 2.05) is 0 Å². The Morgan fingerprint density at radius 2 is 1.79 bits per heavy atom. The third-order valence-corrected chi connectivity index (χ3v) is 7.65. The summed E-state index contributed by atoms with van der Waals surface area (Å²) in [5, 5.41) is 5.41. The minimum atomic E-state index is -3.85. The fourth-order valence-electron chi connectivity index (χ4n) is 3.90. The van der Waals surface area contributed by atoms with Gasteiger partial charge in [0.1, 0.15) is 25.1 Å². The Hall–Kier alpha value is -3.18. The third-order valence-electron chi connectivity index (χ3n) is 5.77. The molecule has 1 fully saturated rings. The minimum Gasteiger partial charge on any atom is -0.486 e. The van der Waals surface area contributed by atoms with Gasteiger partial charge in [0.2, 0.25) is 21.8 Å². The molecule has 2 atom stereocenters. The number of rotatable bonds is 6. The molecule has 34 heavy (non-hydrogen) atoms. The molecule has 2 aromatic rings. The van der Waals surface area contributed by atoms with E-state index in [0.717, 1.165) is 12.1 Å². The van der Waals surface area contributed by atoms with Gasteiger partial charge in [0.15, 0.2) is 11.5 Å². The highest BCUT2D eigenvalue weighted by atomic mass is 32.2. The van der Waals surface area contributed by atoms with Crippen LogP contribution in [0.1, 0.15) is 19.8 Å².